The van der Waals surface area contributed by atoms with Crippen LogP contribution in [0.1, 0.15) is 5.69 Å². The number of piperazine rings is 1. The van der Waals surface area contributed by atoms with E-state index in [-0.39, 0.29) is 5.04 Å². The van der Waals surface area contributed by atoms with Crippen LogP contribution in [0.15, 0.2) is 35.6 Å². The van der Waals surface area contributed by atoms with Crippen LogP contribution in [0.4, 0.5) is 17.5 Å². The number of nitrogens with zero attached hydrogens (tertiary/aromatic N) is 6. The van der Waals surface area contributed by atoms with Gasteiger partial charge in [0.25, 0.3) is 0 Å². The maximum atomic E-state index is 12.1. The minimum absolute atomic E-state index is 0.103. The largest absolute Gasteiger partial charge is 0.368 e. The number of hydrogen-bond acceptors (Lipinski definition) is 9. The molecule has 30 heavy (non-hydrogen) atoms. The number of aliphatic imine (C=N–C) groups is 1. The number of pyridine rings is 1. The number of hydrogen-bond donors (Lipinski definition) is 2. The highest BCUT2D eigenvalue weighted by molar-refractivity contribution is 8.06. The lowest BCUT2D eigenvalue weighted by Gasteiger charge is -2.29. The Kier molecular flexibility index (Phi) is 4.63. The summed E-state index contributed by atoms with van der Waals surface area (Å²) in [7, 11) is -3.41. The molecule has 0 spiro atoms. The Morgan fingerprint density at radius 3 is 2.67 bits per heavy atom. The molecule has 0 unspecified atom stereocenters. The summed E-state index contributed by atoms with van der Waals surface area (Å²) in [6.07, 6.45) is 4.71. The third-order valence-electron chi connectivity index (χ3n) is 5.25. The first kappa shape index (κ1) is 18.9. The summed E-state index contributed by atoms with van der Waals surface area (Å²) in [5.74, 6) is 1.06. The van der Waals surface area contributed by atoms with Gasteiger partial charge in [0.1, 0.15) is 11.5 Å². The number of sulfone groups is 1. The SMILES string of the molecule is CS(=O)(=O)C1=NCCn2c1cc1cnc(Nc3ccc(N4CCNCC4)cn3)nc12. The van der Waals surface area contributed by atoms with Crippen LogP contribution >= 0.6 is 0 Å². The number of nitrogens with one attached hydrogen (secondary N) is 2. The second-order valence-electron chi connectivity index (χ2n) is 7.38. The molecule has 1 fully saturated rings. The Hall–Kier alpha value is -3.05. The zero-order valence-electron chi connectivity index (χ0n) is 16.5. The van der Waals surface area contributed by atoms with Gasteiger partial charge >= 0.3 is 0 Å². The van der Waals surface area contributed by atoms with Crippen molar-refractivity contribution < 1.29 is 8.42 Å². The fourth-order valence-corrected chi connectivity index (χ4v) is 4.70. The molecule has 3 aromatic heterocycles. The van der Waals surface area contributed by atoms with Crippen LogP contribution in [0.25, 0.3) is 11.0 Å². The molecular formula is C19H22N8O2S. The summed E-state index contributed by atoms with van der Waals surface area (Å²) in [6.45, 7) is 4.86. The molecule has 0 radical (unpaired) electrons. The van der Waals surface area contributed by atoms with Crippen LogP contribution in [-0.4, -0.2) is 72.0 Å². The Labute approximate surface area is 174 Å². The van der Waals surface area contributed by atoms with Crippen molar-refractivity contribution in [2.75, 3.05) is 49.2 Å². The van der Waals surface area contributed by atoms with Crippen LogP contribution in [0.5, 0.6) is 0 Å². The molecule has 5 rings (SSSR count). The third-order valence-corrected chi connectivity index (χ3v) is 6.29. The van der Waals surface area contributed by atoms with Crippen molar-refractivity contribution in [3.8, 4) is 0 Å². The van der Waals surface area contributed by atoms with Gasteiger partial charge in [0.2, 0.25) is 5.95 Å². The third kappa shape index (κ3) is 3.50. The van der Waals surface area contributed by atoms with Gasteiger partial charge in [0.05, 0.1) is 24.1 Å². The van der Waals surface area contributed by atoms with Crippen LogP contribution in [-0.2, 0) is 16.4 Å². The predicted molar refractivity (Wildman–Crippen MR) is 116 cm³/mol. The molecule has 0 aliphatic carbocycles. The second kappa shape index (κ2) is 7.33. The van der Waals surface area contributed by atoms with E-state index in [4.69, 9.17) is 0 Å². The molecule has 0 saturated carbocycles. The van der Waals surface area contributed by atoms with E-state index >= 15 is 0 Å². The number of anilines is 3. The predicted octanol–water partition coefficient (Wildman–Crippen LogP) is 0.784. The standard InChI is InChI=1S/C19H22N8O2S/c1-30(28,29)18-15-10-13-11-23-19(25-17(13)27(15)9-6-21-18)24-16-3-2-14(12-22-16)26-7-4-20-5-8-26/h2-3,10-12,20H,4-9H2,1H3,(H,22,23,24,25). The molecule has 0 aromatic carbocycles. The summed E-state index contributed by atoms with van der Waals surface area (Å²) in [5, 5.41) is 7.36. The van der Waals surface area contributed by atoms with Gasteiger partial charge in [0.15, 0.2) is 14.9 Å². The fourth-order valence-electron chi connectivity index (χ4n) is 3.83. The first-order chi connectivity index (χ1) is 14.5. The normalized spacial score (nSPS) is 17.0. The molecule has 2 aliphatic heterocycles. The zero-order valence-corrected chi connectivity index (χ0v) is 17.4. The topological polar surface area (TPSA) is 117 Å². The molecule has 11 heteroatoms. The van der Waals surface area contributed by atoms with E-state index in [1.165, 1.54) is 6.26 Å². The highest BCUT2D eigenvalue weighted by Gasteiger charge is 2.25. The van der Waals surface area contributed by atoms with Gasteiger partial charge < -0.3 is 20.1 Å². The molecule has 156 valence electrons. The lowest BCUT2D eigenvalue weighted by Crippen LogP contribution is -2.43. The van der Waals surface area contributed by atoms with E-state index in [0.717, 1.165) is 37.3 Å². The highest BCUT2D eigenvalue weighted by atomic mass is 32.2. The van der Waals surface area contributed by atoms with Crippen LogP contribution in [0.3, 0.4) is 0 Å². The van der Waals surface area contributed by atoms with E-state index in [1.807, 2.05) is 22.9 Å². The Balaban J connectivity index is 1.41. The Morgan fingerprint density at radius 2 is 1.93 bits per heavy atom. The molecule has 2 aliphatic rings. The van der Waals surface area contributed by atoms with Crippen molar-refractivity contribution >= 4 is 43.4 Å². The summed E-state index contributed by atoms with van der Waals surface area (Å²) < 4.78 is 26.0. The van der Waals surface area contributed by atoms with Crippen molar-refractivity contribution in [1.82, 2.24) is 24.8 Å². The van der Waals surface area contributed by atoms with Crippen molar-refractivity contribution in [3.05, 3.63) is 36.3 Å². The van der Waals surface area contributed by atoms with Crippen molar-refractivity contribution in [2.24, 2.45) is 4.99 Å². The summed E-state index contributed by atoms with van der Waals surface area (Å²) in [4.78, 5) is 20.0. The van der Waals surface area contributed by atoms with Crippen LogP contribution < -0.4 is 15.5 Å². The minimum Gasteiger partial charge on any atom is -0.368 e. The molecule has 0 atom stereocenters. The van der Waals surface area contributed by atoms with E-state index in [9.17, 15) is 8.42 Å². The van der Waals surface area contributed by atoms with Crippen molar-refractivity contribution in [1.29, 1.82) is 0 Å². The summed E-state index contributed by atoms with van der Waals surface area (Å²) in [6, 6.07) is 5.72. The minimum atomic E-state index is -3.41. The van der Waals surface area contributed by atoms with Gasteiger partial charge in [-0.2, -0.15) is 4.98 Å². The molecule has 5 heterocycles. The van der Waals surface area contributed by atoms with E-state index < -0.39 is 9.84 Å². The van der Waals surface area contributed by atoms with E-state index in [0.29, 0.717) is 36.2 Å². The van der Waals surface area contributed by atoms with Crippen molar-refractivity contribution in [3.63, 3.8) is 0 Å². The average Bonchev–Trinajstić information content (AvgIpc) is 3.12. The van der Waals surface area contributed by atoms with Crippen LogP contribution in [0, 0.1) is 0 Å². The highest BCUT2D eigenvalue weighted by Crippen LogP contribution is 2.24. The lowest BCUT2D eigenvalue weighted by molar-refractivity contribution is 0.589. The molecule has 10 nitrogen and oxygen atoms in total. The Bertz CT molecular complexity index is 1230. The number of rotatable bonds is 3. The molecule has 3 aromatic rings. The Morgan fingerprint density at radius 1 is 1.10 bits per heavy atom. The van der Waals surface area contributed by atoms with Gasteiger partial charge in [0, 0.05) is 50.6 Å². The molecule has 2 N–H and O–H groups in total. The van der Waals surface area contributed by atoms with E-state index in [2.05, 4.69) is 35.5 Å². The number of fused-ring (bicyclic) bond motifs is 3. The molecule has 0 bridgehead atoms. The maximum absolute atomic E-state index is 12.1. The lowest BCUT2D eigenvalue weighted by atomic mass is 10.3. The average molecular weight is 427 g/mol. The molecule has 1 saturated heterocycles. The molecular weight excluding hydrogens is 404 g/mol. The monoisotopic (exact) mass is 426 g/mol. The summed E-state index contributed by atoms with van der Waals surface area (Å²) in [5.41, 5.74) is 2.33. The van der Waals surface area contributed by atoms with Gasteiger partial charge in [-0.05, 0) is 18.2 Å². The second-order valence-corrected chi connectivity index (χ2v) is 9.31. The summed E-state index contributed by atoms with van der Waals surface area (Å²) >= 11 is 0. The number of aromatic nitrogens is 4. The van der Waals surface area contributed by atoms with Gasteiger partial charge in [-0.25, -0.2) is 18.4 Å². The smallest absolute Gasteiger partial charge is 0.230 e. The zero-order chi connectivity index (χ0) is 20.7. The van der Waals surface area contributed by atoms with Gasteiger partial charge in [-0.15, -0.1) is 0 Å². The quantitative estimate of drug-likeness (QED) is 0.631. The van der Waals surface area contributed by atoms with Gasteiger partial charge in [-0.3, -0.25) is 4.99 Å². The van der Waals surface area contributed by atoms with Crippen LogP contribution in [0.2, 0.25) is 0 Å². The maximum Gasteiger partial charge on any atom is 0.230 e. The first-order valence-corrected chi connectivity index (χ1v) is 11.7. The van der Waals surface area contributed by atoms with Crippen molar-refractivity contribution in [2.45, 2.75) is 6.54 Å². The van der Waals surface area contributed by atoms with E-state index in [1.54, 1.807) is 12.3 Å². The fraction of sp³-hybridized carbons (Fsp3) is 0.368. The molecule has 0 amide bonds. The first-order valence-electron chi connectivity index (χ1n) is 9.79. The van der Waals surface area contributed by atoms with Gasteiger partial charge in [-0.1, -0.05) is 0 Å².